The number of hydrogen-bond acceptors (Lipinski definition) is 5. The van der Waals surface area contributed by atoms with E-state index in [0.717, 1.165) is 5.56 Å². The van der Waals surface area contributed by atoms with Gasteiger partial charge in [-0.2, -0.15) is 5.10 Å². The van der Waals surface area contributed by atoms with Crippen LogP contribution in [-0.4, -0.2) is 61.0 Å². The molecule has 1 atom stereocenters. The maximum Gasteiger partial charge on any atom is 0.234 e. The highest BCUT2D eigenvalue weighted by atomic mass is 16.5. The lowest BCUT2D eigenvalue weighted by atomic mass is 10.1. The summed E-state index contributed by atoms with van der Waals surface area (Å²) in [7, 11) is 5.33. The minimum Gasteiger partial charge on any atom is -0.383 e. The van der Waals surface area contributed by atoms with Crippen molar-refractivity contribution in [2.24, 2.45) is 12.8 Å². The predicted molar refractivity (Wildman–Crippen MR) is 72.5 cm³/mol. The van der Waals surface area contributed by atoms with Gasteiger partial charge in [-0.1, -0.05) is 0 Å². The second kappa shape index (κ2) is 7.88. The molecule has 0 saturated carbocycles. The van der Waals surface area contributed by atoms with Gasteiger partial charge in [-0.05, 0) is 7.05 Å². The van der Waals surface area contributed by atoms with Crippen molar-refractivity contribution in [3.8, 4) is 0 Å². The number of ether oxygens (including phenoxy) is 1. The SMILES string of the molecule is COCCNC(=O)CN(C)C(CN)c1cnn(C)c1. The van der Waals surface area contributed by atoms with Crippen LogP contribution in [0.1, 0.15) is 11.6 Å². The van der Waals surface area contributed by atoms with Crippen LogP contribution >= 0.6 is 0 Å². The van der Waals surface area contributed by atoms with Crippen LogP contribution in [0.5, 0.6) is 0 Å². The molecule has 0 fully saturated rings. The van der Waals surface area contributed by atoms with Crippen molar-refractivity contribution in [3.63, 3.8) is 0 Å². The minimum absolute atomic E-state index is 0.0122. The van der Waals surface area contributed by atoms with Crippen LogP contribution in [0.4, 0.5) is 0 Å². The number of methoxy groups -OCH3 is 1. The Labute approximate surface area is 113 Å². The molecule has 0 radical (unpaired) electrons. The van der Waals surface area contributed by atoms with Crippen molar-refractivity contribution in [1.29, 1.82) is 0 Å². The number of carbonyl (C=O) groups is 1. The molecular weight excluding hydrogens is 246 g/mol. The molecule has 3 N–H and O–H groups in total. The molecule has 108 valence electrons. The molecule has 0 aliphatic carbocycles. The summed E-state index contributed by atoms with van der Waals surface area (Å²) in [5.74, 6) is -0.0399. The van der Waals surface area contributed by atoms with E-state index >= 15 is 0 Å². The van der Waals surface area contributed by atoms with Crippen molar-refractivity contribution < 1.29 is 9.53 Å². The van der Waals surface area contributed by atoms with E-state index in [1.807, 2.05) is 25.2 Å². The van der Waals surface area contributed by atoms with Crippen molar-refractivity contribution in [2.75, 3.05) is 40.4 Å². The number of nitrogens with two attached hydrogens (primary N) is 1. The summed E-state index contributed by atoms with van der Waals surface area (Å²) in [5.41, 5.74) is 6.79. The van der Waals surface area contributed by atoms with E-state index < -0.39 is 0 Å². The van der Waals surface area contributed by atoms with Gasteiger partial charge in [0.25, 0.3) is 0 Å². The van der Waals surface area contributed by atoms with Crippen molar-refractivity contribution in [3.05, 3.63) is 18.0 Å². The number of aryl methyl sites for hydroxylation is 1. The number of aromatic nitrogens is 2. The number of carbonyl (C=O) groups excluding carboxylic acids is 1. The van der Waals surface area contributed by atoms with Gasteiger partial charge in [0.2, 0.25) is 5.91 Å². The Morgan fingerprint density at radius 1 is 1.68 bits per heavy atom. The molecular formula is C12H23N5O2. The molecule has 1 heterocycles. The fourth-order valence-corrected chi connectivity index (χ4v) is 1.87. The highest BCUT2D eigenvalue weighted by Crippen LogP contribution is 2.16. The van der Waals surface area contributed by atoms with E-state index in [4.69, 9.17) is 10.5 Å². The second-order valence-corrected chi connectivity index (χ2v) is 4.46. The number of nitrogens with one attached hydrogen (secondary N) is 1. The Hall–Kier alpha value is -1.44. The van der Waals surface area contributed by atoms with Crippen LogP contribution in [0.25, 0.3) is 0 Å². The summed E-state index contributed by atoms with van der Waals surface area (Å²) in [4.78, 5) is 13.6. The molecule has 1 aromatic heterocycles. The van der Waals surface area contributed by atoms with E-state index in [1.165, 1.54) is 0 Å². The van der Waals surface area contributed by atoms with Crippen molar-refractivity contribution in [1.82, 2.24) is 20.0 Å². The topological polar surface area (TPSA) is 85.4 Å². The summed E-state index contributed by atoms with van der Waals surface area (Å²) in [6.45, 7) is 1.76. The van der Waals surface area contributed by atoms with Gasteiger partial charge in [0.15, 0.2) is 0 Å². The first-order chi connectivity index (χ1) is 9.08. The Morgan fingerprint density at radius 2 is 2.42 bits per heavy atom. The lowest BCUT2D eigenvalue weighted by Gasteiger charge is -2.25. The molecule has 1 rings (SSSR count). The smallest absolute Gasteiger partial charge is 0.234 e. The second-order valence-electron chi connectivity index (χ2n) is 4.46. The zero-order chi connectivity index (χ0) is 14.3. The molecule has 0 aliphatic rings. The van der Waals surface area contributed by atoms with Crippen LogP contribution < -0.4 is 11.1 Å². The van der Waals surface area contributed by atoms with Crippen LogP contribution in [-0.2, 0) is 16.6 Å². The molecule has 1 amide bonds. The van der Waals surface area contributed by atoms with Gasteiger partial charge < -0.3 is 15.8 Å². The maximum absolute atomic E-state index is 11.7. The van der Waals surface area contributed by atoms with Gasteiger partial charge >= 0.3 is 0 Å². The third-order valence-electron chi connectivity index (χ3n) is 2.89. The van der Waals surface area contributed by atoms with Crippen LogP contribution in [0.2, 0.25) is 0 Å². The summed E-state index contributed by atoms with van der Waals surface area (Å²) < 4.78 is 6.61. The van der Waals surface area contributed by atoms with Gasteiger partial charge in [-0.25, -0.2) is 0 Å². The number of amides is 1. The molecule has 7 nitrogen and oxygen atoms in total. The van der Waals surface area contributed by atoms with Gasteiger partial charge in [-0.3, -0.25) is 14.4 Å². The Bertz CT molecular complexity index is 393. The van der Waals surface area contributed by atoms with Crippen molar-refractivity contribution >= 4 is 5.91 Å². The quantitative estimate of drug-likeness (QED) is 0.598. The normalized spacial score (nSPS) is 12.7. The Balaban J connectivity index is 2.50. The highest BCUT2D eigenvalue weighted by Gasteiger charge is 2.19. The molecule has 0 aliphatic heterocycles. The molecule has 0 bridgehead atoms. The van der Waals surface area contributed by atoms with Crippen molar-refractivity contribution in [2.45, 2.75) is 6.04 Å². The van der Waals surface area contributed by atoms with E-state index in [2.05, 4.69) is 10.4 Å². The van der Waals surface area contributed by atoms with Crippen LogP contribution in [0.3, 0.4) is 0 Å². The average Bonchev–Trinajstić information content (AvgIpc) is 2.77. The van der Waals surface area contributed by atoms with E-state index in [1.54, 1.807) is 18.0 Å². The number of likely N-dealkylation sites (N-methyl/N-ethyl adjacent to an activating group) is 1. The third kappa shape index (κ3) is 4.98. The molecule has 0 saturated heterocycles. The lowest BCUT2D eigenvalue weighted by Crippen LogP contribution is -2.40. The first-order valence-corrected chi connectivity index (χ1v) is 6.23. The molecule has 7 heteroatoms. The lowest BCUT2D eigenvalue weighted by molar-refractivity contribution is -0.122. The first kappa shape index (κ1) is 15.6. The van der Waals surface area contributed by atoms with Gasteiger partial charge in [-0.15, -0.1) is 0 Å². The average molecular weight is 269 g/mol. The predicted octanol–water partition coefficient (Wildman–Crippen LogP) is -0.886. The van der Waals surface area contributed by atoms with Gasteiger partial charge in [0.1, 0.15) is 0 Å². The molecule has 1 unspecified atom stereocenters. The third-order valence-corrected chi connectivity index (χ3v) is 2.89. The van der Waals surface area contributed by atoms with Crippen LogP contribution in [0.15, 0.2) is 12.4 Å². The Morgan fingerprint density at radius 3 is 2.95 bits per heavy atom. The van der Waals surface area contributed by atoms with E-state index in [-0.39, 0.29) is 11.9 Å². The zero-order valence-electron chi connectivity index (χ0n) is 11.8. The zero-order valence-corrected chi connectivity index (χ0v) is 11.8. The van der Waals surface area contributed by atoms with Gasteiger partial charge in [0, 0.05) is 39.0 Å². The van der Waals surface area contributed by atoms with E-state index in [0.29, 0.717) is 26.2 Å². The van der Waals surface area contributed by atoms with E-state index in [9.17, 15) is 4.79 Å². The fraction of sp³-hybridized carbons (Fsp3) is 0.667. The monoisotopic (exact) mass is 269 g/mol. The number of nitrogens with zero attached hydrogens (tertiary/aromatic N) is 3. The first-order valence-electron chi connectivity index (χ1n) is 6.23. The Kier molecular flexibility index (Phi) is 6.48. The van der Waals surface area contributed by atoms with Gasteiger partial charge in [0.05, 0.1) is 25.4 Å². The maximum atomic E-state index is 11.7. The molecule has 1 aromatic rings. The fourth-order valence-electron chi connectivity index (χ4n) is 1.87. The van der Waals surface area contributed by atoms with Crippen LogP contribution in [0, 0.1) is 0 Å². The summed E-state index contributed by atoms with van der Waals surface area (Å²) in [6, 6.07) is -0.0122. The summed E-state index contributed by atoms with van der Waals surface area (Å²) in [5, 5.41) is 6.91. The number of rotatable bonds is 8. The standard InChI is InChI=1S/C12H23N5O2/c1-16(9-12(18)14-4-5-19-3)11(6-13)10-7-15-17(2)8-10/h7-8,11H,4-6,9,13H2,1-3H3,(H,14,18). The number of hydrogen-bond donors (Lipinski definition) is 2. The summed E-state index contributed by atoms with van der Waals surface area (Å²) in [6.07, 6.45) is 3.69. The molecule has 0 spiro atoms. The molecule has 0 aromatic carbocycles. The summed E-state index contributed by atoms with van der Waals surface area (Å²) >= 11 is 0. The highest BCUT2D eigenvalue weighted by molar-refractivity contribution is 5.78. The molecule has 19 heavy (non-hydrogen) atoms. The minimum atomic E-state index is -0.0399. The largest absolute Gasteiger partial charge is 0.383 e.